The Morgan fingerprint density at radius 2 is 1.90 bits per heavy atom. The Morgan fingerprint density at radius 3 is 2.60 bits per heavy atom. The molecule has 3 aromatic rings. The van der Waals surface area contributed by atoms with Gasteiger partial charge in [0.2, 0.25) is 5.88 Å². The van der Waals surface area contributed by atoms with Gasteiger partial charge in [0.15, 0.2) is 0 Å². The number of aliphatic hydroxyl groups is 1. The van der Waals surface area contributed by atoms with Gasteiger partial charge in [0.05, 0.1) is 6.61 Å². The van der Waals surface area contributed by atoms with Crippen molar-refractivity contribution in [3.8, 4) is 11.6 Å². The van der Waals surface area contributed by atoms with E-state index in [-0.39, 0.29) is 6.61 Å². The molecule has 0 saturated heterocycles. The summed E-state index contributed by atoms with van der Waals surface area (Å²) in [6, 6.07) is 11.7. The van der Waals surface area contributed by atoms with Crippen LogP contribution in [-0.2, 0) is 6.61 Å². The Bertz CT molecular complexity index is 742. The van der Waals surface area contributed by atoms with Crippen LogP contribution in [0.15, 0.2) is 42.6 Å². The summed E-state index contributed by atoms with van der Waals surface area (Å²) in [6.45, 7) is 3.93. The van der Waals surface area contributed by atoms with E-state index in [4.69, 9.17) is 4.74 Å². The van der Waals surface area contributed by atoms with E-state index in [1.54, 1.807) is 0 Å². The smallest absolute Gasteiger partial charge is 0.243 e. The Morgan fingerprint density at radius 1 is 1.15 bits per heavy atom. The van der Waals surface area contributed by atoms with Gasteiger partial charge in [0, 0.05) is 6.20 Å². The molecule has 4 heteroatoms. The lowest BCUT2D eigenvalue weighted by Crippen LogP contribution is -1.95. The van der Waals surface area contributed by atoms with E-state index < -0.39 is 0 Å². The van der Waals surface area contributed by atoms with Crippen molar-refractivity contribution in [3.63, 3.8) is 0 Å². The molecule has 0 bridgehead atoms. The summed E-state index contributed by atoms with van der Waals surface area (Å²) in [5, 5.41) is 9.55. The summed E-state index contributed by atoms with van der Waals surface area (Å²) in [5.74, 6) is 1.18. The Hall–Kier alpha value is -2.33. The second-order valence-electron chi connectivity index (χ2n) is 4.88. The van der Waals surface area contributed by atoms with Gasteiger partial charge in [-0.25, -0.2) is 0 Å². The molecule has 0 aliphatic rings. The van der Waals surface area contributed by atoms with Crippen LogP contribution >= 0.6 is 0 Å². The minimum atomic E-state index is -0.120. The number of aryl methyl sites for hydroxylation is 2. The van der Waals surface area contributed by atoms with Crippen molar-refractivity contribution in [1.82, 2.24) is 9.38 Å². The average Bonchev–Trinajstić information content (AvgIpc) is 2.74. The molecule has 0 spiro atoms. The van der Waals surface area contributed by atoms with Crippen LogP contribution in [0, 0.1) is 13.8 Å². The summed E-state index contributed by atoms with van der Waals surface area (Å²) >= 11 is 0. The highest BCUT2D eigenvalue weighted by atomic mass is 16.5. The van der Waals surface area contributed by atoms with Crippen molar-refractivity contribution in [3.05, 3.63) is 59.4 Å². The molecule has 0 fully saturated rings. The van der Waals surface area contributed by atoms with Crippen molar-refractivity contribution in [2.75, 3.05) is 0 Å². The lowest BCUT2D eigenvalue weighted by Gasteiger charge is -2.06. The topological polar surface area (TPSA) is 46.8 Å². The molecule has 0 amide bonds. The molecule has 2 heterocycles. The Labute approximate surface area is 117 Å². The second-order valence-corrected chi connectivity index (χ2v) is 4.88. The van der Waals surface area contributed by atoms with E-state index in [1.807, 2.05) is 54.8 Å². The third-order valence-electron chi connectivity index (χ3n) is 3.15. The van der Waals surface area contributed by atoms with Gasteiger partial charge in [-0.3, -0.25) is 4.40 Å². The van der Waals surface area contributed by atoms with Crippen LogP contribution in [0.4, 0.5) is 0 Å². The number of hydrogen-bond donors (Lipinski definition) is 1. The van der Waals surface area contributed by atoms with Crippen molar-refractivity contribution in [1.29, 1.82) is 0 Å². The quantitative estimate of drug-likeness (QED) is 0.793. The number of nitrogens with zero attached hydrogens (tertiary/aromatic N) is 2. The predicted molar refractivity (Wildman–Crippen MR) is 77.1 cm³/mol. The van der Waals surface area contributed by atoms with Gasteiger partial charge in [-0.05, 0) is 49.2 Å². The summed E-state index contributed by atoms with van der Waals surface area (Å²) in [6.07, 6.45) is 1.86. The molecule has 102 valence electrons. The first-order valence-corrected chi connectivity index (χ1v) is 6.50. The van der Waals surface area contributed by atoms with E-state index in [1.165, 1.54) is 0 Å². The monoisotopic (exact) mass is 268 g/mol. The molecule has 0 radical (unpaired) electrons. The first-order valence-electron chi connectivity index (χ1n) is 6.50. The molecule has 0 saturated carbocycles. The fourth-order valence-corrected chi connectivity index (χ4v) is 2.35. The van der Waals surface area contributed by atoms with Gasteiger partial charge in [0.25, 0.3) is 0 Å². The molecule has 0 aliphatic carbocycles. The van der Waals surface area contributed by atoms with Gasteiger partial charge in [-0.2, -0.15) is 4.98 Å². The summed E-state index contributed by atoms with van der Waals surface area (Å²) < 4.78 is 7.69. The molecule has 1 aromatic carbocycles. The number of pyridine rings is 1. The van der Waals surface area contributed by atoms with E-state index in [2.05, 4.69) is 11.1 Å². The highest BCUT2D eigenvalue weighted by Gasteiger charge is 2.13. The van der Waals surface area contributed by atoms with Gasteiger partial charge in [-0.15, -0.1) is 0 Å². The van der Waals surface area contributed by atoms with Gasteiger partial charge < -0.3 is 9.84 Å². The normalized spacial score (nSPS) is 10.9. The summed E-state index contributed by atoms with van der Waals surface area (Å²) in [4.78, 5) is 4.42. The third kappa shape index (κ3) is 2.26. The average molecular weight is 268 g/mol. The van der Waals surface area contributed by atoms with E-state index in [9.17, 15) is 5.11 Å². The number of imidazole rings is 1. The molecule has 0 aliphatic heterocycles. The fraction of sp³-hybridized carbons (Fsp3) is 0.188. The molecule has 2 aromatic heterocycles. The number of benzene rings is 1. The lowest BCUT2D eigenvalue weighted by molar-refractivity contribution is 0.269. The highest BCUT2D eigenvalue weighted by molar-refractivity contribution is 5.47. The zero-order chi connectivity index (χ0) is 14.1. The van der Waals surface area contributed by atoms with E-state index >= 15 is 0 Å². The molecule has 3 rings (SSSR count). The van der Waals surface area contributed by atoms with Crippen LogP contribution in [0.1, 0.15) is 16.8 Å². The highest BCUT2D eigenvalue weighted by Crippen LogP contribution is 2.27. The van der Waals surface area contributed by atoms with Crippen molar-refractivity contribution < 1.29 is 9.84 Å². The molecule has 0 atom stereocenters. The number of rotatable bonds is 3. The maximum atomic E-state index is 9.55. The van der Waals surface area contributed by atoms with Crippen molar-refractivity contribution in [2.45, 2.75) is 20.5 Å². The number of ether oxygens (including phenoxy) is 1. The molecular formula is C16H16N2O2. The van der Waals surface area contributed by atoms with Crippen molar-refractivity contribution >= 4 is 5.65 Å². The van der Waals surface area contributed by atoms with Crippen LogP contribution in [0.3, 0.4) is 0 Å². The van der Waals surface area contributed by atoms with Gasteiger partial charge >= 0.3 is 0 Å². The Balaban J connectivity index is 2.05. The van der Waals surface area contributed by atoms with Crippen LogP contribution in [-0.4, -0.2) is 14.5 Å². The first kappa shape index (κ1) is 12.7. The first-order chi connectivity index (χ1) is 9.67. The van der Waals surface area contributed by atoms with Crippen LogP contribution in [0.5, 0.6) is 11.6 Å². The standard InChI is InChI=1S/C16H16N2O2/c1-11-7-12(2)9-13(8-11)20-16-14(10-19)18-6-4-3-5-15(18)17-16/h3-9,19H,10H2,1-2H3. The molecule has 0 unspecified atom stereocenters. The number of aliphatic hydroxyl groups excluding tert-OH is 1. The molecule has 4 nitrogen and oxygen atoms in total. The maximum Gasteiger partial charge on any atom is 0.243 e. The third-order valence-corrected chi connectivity index (χ3v) is 3.15. The number of aromatic nitrogens is 2. The molecular weight excluding hydrogens is 252 g/mol. The predicted octanol–water partition coefficient (Wildman–Crippen LogP) is 3.24. The molecule has 20 heavy (non-hydrogen) atoms. The van der Waals surface area contributed by atoms with Crippen LogP contribution in [0.25, 0.3) is 5.65 Å². The molecule has 1 N–H and O–H groups in total. The maximum absolute atomic E-state index is 9.55. The van der Waals surface area contributed by atoms with Crippen LogP contribution in [0.2, 0.25) is 0 Å². The fourth-order valence-electron chi connectivity index (χ4n) is 2.35. The van der Waals surface area contributed by atoms with E-state index in [0.717, 1.165) is 22.5 Å². The number of hydrogen-bond acceptors (Lipinski definition) is 3. The van der Waals surface area contributed by atoms with Crippen LogP contribution < -0.4 is 4.74 Å². The second kappa shape index (κ2) is 4.98. The Kier molecular flexibility index (Phi) is 3.16. The van der Waals surface area contributed by atoms with Gasteiger partial charge in [-0.1, -0.05) is 12.1 Å². The van der Waals surface area contributed by atoms with Gasteiger partial charge in [0.1, 0.15) is 17.1 Å². The SMILES string of the molecule is Cc1cc(C)cc(Oc2nc3ccccn3c2CO)c1. The minimum Gasteiger partial charge on any atom is -0.437 e. The lowest BCUT2D eigenvalue weighted by atomic mass is 10.1. The largest absolute Gasteiger partial charge is 0.437 e. The van der Waals surface area contributed by atoms with E-state index in [0.29, 0.717) is 11.6 Å². The summed E-state index contributed by atoms with van der Waals surface area (Å²) in [5.41, 5.74) is 3.68. The number of fused-ring (bicyclic) bond motifs is 1. The minimum absolute atomic E-state index is 0.120. The summed E-state index contributed by atoms with van der Waals surface area (Å²) in [7, 11) is 0. The van der Waals surface area contributed by atoms with Crippen molar-refractivity contribution in [2.24, 2.45) is 0 Å². The zero-order valence-corrected chi connectivity index (χ0v) is 11.5. The zero-order valence-electron chi connectivity index (χ0n) is 11.5.